The van der Waals surface area contributed by atoms with Crippen molar-refractivity contribution >= 4 is 11.6 Å². The maximum atomic E-state index is 10.9. The van der Waals surface area contributed by atoms with Gasteiger partial charge >= 0.3 is 5.97 Å². The van der Waals surface area contributed by atoms with E-state index in [2.05, 4.69) is 4.98 Å². The number of carbonyl (C=O) groups is 1. The molecule has 0 atom stereocenters. The fraction of sp³-hybridized carbons (Fsp3) is 0.429. The van der Waals surface area contributed by atoms with Crippen molar-refractivity contribution < 1.29 is 9.90 Å². The van der Waals surface area contributed by atoms with Crippen LogP contribution in [-0.2, 0) is 11.3 Å². The fourth-order valence-electron chi connectivity index (χ4n) is 2.03. The lowest BCUT2D eigenvalue weighted by molar-refractivity contribution is -0.138. The smallest absolute Gasteiger partial charge is 0.317 e. The Labute approximate surface area is 112 Å². The van der Waals surface area contributed by atoms with E-state index in [1.165, 1.54) is 5.56 Å². The lowest BCUT2D eigenvalue weighted by atomic mass is 10.3. The molecule has 102 valence electrons. The summed E-state index contributed by atoms with van der Waals surface area (Å²) < 4.78 is 1.98. The largest absolute Gasteiger partial charge is 0.480 e. The molecule has 0 bridgehead atoms. The van der Waals surface area contributed by atoms with Crippen molar-refractivity contribution in [3.05, 3.63) is 35.8 Å². The van der Waals surface area contributed by atoms with Gasteiger partial charge in [0, 0.05) is 25.0 Å². The number of rotatable bonds is 5. The van der Waals surface area contributed by atoms with E-state index in [1.807, 2.05) is 54.6 Å². The molecule has 0 aromatic carbocycles. The molecule has 2 rings (SSSR count). The molecular formula is C14H19N3O2. The van der Waals surface area contributed by atoms with Gasteiger partial charge < -0.3 is 9.51 Å². The maximum Gasteiger partial charge on any atom is 0.317 e. The van der Waals surface area contributed by atoms with Crippen molar-refractivity contribution in [1.82, 2.24) is 14.3 Å². The van der Waals surface area contributed by atoms with Crippen LogP contribution in [0.1, 0.15) is 25.1 Å². The number of nitrogens with zero attached hydrogens (tertiary/aromatic N) is 3. The van der Waals surface area contributed by atoms with Gasteiger partial charge in [0.15, 0.2) is 0 Å². The number of pyridine rings is 1. The standard InChI is InChI=1S/C14H19N3O2/c1-10(2)16(9-14(18)19)7-12-8-17-6-11(3)4-5-13(17)15-12/h4-6,8,10H,7,9H2,1-3H3,(H,18,19). The van der Waals surface area contributed by atoms with Gasteiger partial charge in [0.2, 0.25) is 0 Å². The maximum absolute atomic E-state index is 10.9. The molecule has 2 heterocycles. The average Bonchev–Trinajstić information content (AvgIpc) is 2.68. The van der Waals surface area contributed by atoms with Gasteiger partial charge in [0.25, 0.3) is 0 Å². The summed E-state index contributed by atoms with van der Waals surface area (Å²) in [6, 6.07) is 4.15. The first-order valence-corrected chi connectivity index (χ1v) is 6.36. The number of fused-ring (bicyclic) bond motifs is 1. The molecule has 19 heavy (non-hydrogen) atoms. The summed E-state index contributed by atoms with van der Waals surface area (Å²) in [6.45, 7) is 6.59. The van der Waals surface area contributed by atoms with Crippen molar-refractivity contribution in [2.24, 2.45) is 0 Å². The van der Waals surface area contributed by atoms with Gasteiger partial charge in [-0.25, -0.2) is 4.98 Å². The monoisotopic (exact) mass is 261 g/mol. The number of hydrogen-bond donors (Lipinski definition) is 1. The number of carboxylic acids is 1. The minimum atomic E-state index is -0.812. The second-order valence-electron chi connectivity index (χ2n) is 5.10. The van der Waals surface area contributed by atoms with Crippen molar-refractivity contribution in [1.29, 1.82) is 0 Å². The molecule has 0 aliphatic carbocycles. The van der Waals surface area contributed by atoms with Crippen LogP contribution in [0.2, 0.25) is 0 Å². The summed E-state index contributed by atoms with van der Waals surface area (Å²) in [5, 5.41) is 8.92. The minimum Gasteiger partial charge on any atom is -0.480 e. The Hall–Kier alpha value is -1.88. The number of aryl methyl sites for hydroxylation is 1. The number of imidazole rings is 1. The number of hydrogen-bond acceptors (Lipinski definition) is 3. The van der Waals surface area contributed by atoms with Crippen LogP contribution in [0.25, 0.3) is 5.65 Å². The van der Waals surface area contributed by atoms with E-state index in [0.717, 1.165) is 11.3 Å². The highest BCUT2D eigenvalue weighted by atomic mass is 16.4. The second-order valence-corrected chi connectivity index (χ2v) is 5.10. The van der Waals surface area contributed by atoms with Gasteiger partial charge in [0.1, 0.15) is 5.65 Å². The molecule has 0 fully saturated rings. The molecule has 0 saturated heterocycles. The first-order chi connectivity index (χ1) is 8.95. The Morgan fingerprint density at radius 3 is 2.79 bits per heavy atom. The van der Waals surface area contributed by atoms with E-state index in [1.54, 1.807) is 0 Å². The van der Waals surface area contributed by atoms with Crippen LogP contribution in [0.3, 0.4) is 0 Å². The van der Waals surface area contributed by atoms with Gasteiger partial charge in [-0.05, 0) is 32.4 Å². The lowest BCUT2D eigenvalue weighted by Gasteiger charge is -2.23. The second kappa shape index (κ2) is 5.40. The van der Waals surface area contributed by atoms with E-state index in [-0.39, 0.29) is 12.6 Å². The highest BCUT2D eigenvalue weighted by molar-refractivity contribution is 5.69. The molecule has 0 aliphatic rings. The van der Waals surface area contributed by atoms with Crippen LogP contribution in [0.4, 0.5) is 0 Å². The lowest BCUT2D eigenvalue weighted by Crippen LogP contribution is -2.35. The SMILES string of the molecule is Cc1ccc2nc(CN(CC(=O)O)C(C)C)cn2c1. The van der Waals surface area contributed by atoms with Gasteiger partial charge in [-0.15, -0.1) is 0 Å². The number of carboxylic acid groups (broad SMARTS) is 1. The third-order valence-electron chi connectivity index (χ3n) is 3.08. The van der Waals surface area contributed by atoms with Gasteiger partial charge in [-0.1, -0.05) is 6.07 Å². The first kappa shape index (κ1) is 13.5. The highest BCUT2D eigenvalue weighted by Crippen LogP contribution is 2.11. The van der Waals surface area contributed by atoms with E-state index < -0.39 is 5.97 Å². The van der Waals surface area contributed by atoms with Gasteiger partial charge in [0.05, 0.1) is 12.2 Å². The highest BCUT2D eigenvalue weighted by Gasteiger charge is 2.15. The average molecular weight is 261 g/mol. The normalized spacial score (nSPS) is 11.6. The Balaban J connectivity index is 2.21. The molecular weight excluding hydrogens is 242 g/mol. The molecule has 0 radical (unpaired) electrons. The van der Waals surface area contributed by atoms with Crippen LogP contribution >= 0.6 is 0 Å². The van der Waals surface area contributed by atoms with E-state index in [0.29, 0.717) is 6.54 Å². The Bertz CT molecular complexity index is 589. The third-order valence-corrected chi connectivity index (χ3v) is 3.08. The van der Waals surface area contributed by atoms with Gasteiger partial charge in [-0.2, -0.15) is 0 Å². The molecule has 0 saturated carbocycles. The van der Waals surface area contributed by atoms with Crippen LogP contribution < -0.4 is 0 Å². The minimum absolute atomic E-state index is 0.0323. The van der Waals surface area contributed by atoms with Crippen LogP contribution in [0, 0.1) is 6.92 Å². The Kier molecular flexibility index (Phi) is 3.85. The summed E-state index contributed by atoms with van der Waals surface area (Å²) in [5.74, 6) is -0.812. The summed E-state index contributed by atoms with van der Waals surface area (Å²) in [4.78, 5) is 17.3. The predicted molar refractivity (Wildman–Crippen MR) is 73.1 cm³/mol. The topological polar surface area (TPSA) is 57.8 Å². The fourth-order valence-corrected chi connectivity index (χ4v) is 2.03. The van der Waals surface area contributed by atoms with Crippen LogP contribution in [0.5, 0.6) is 0 Å². The quantitative estimate of drug-likeness (QED) is 0.893. The number of aliphatic carboxylic acids is 1. The van der Waals surface area contributed by atoms with Crippen molar-refractivity contribution in [3.8, 4) is 0 Å². The molecule has 0 aliphatic heterocycles. The zero-order valence-corrected chi connectivity index (χ0v) is 11.5. The van der Waals surface area contributed by atoms with E-state index in [9.17, 15) is 4.79 Å². The summed E-state index contributed by atoms with van der Waals surface area (Å²) in [7, 11) is 0. The van der Waals surface area contributed by atoms with Crippen molar-refractivity contribution in [2.45, 2.75) is 33.4 Å². The van der Waals surface area contributed by atoms with Crippen LogP contribution in [-0.4, -0.2) is 37.9 Å². The molecule has 0 unspecified atom stereocenters. The van der Waals surface area contributed by atoms with Crippen LogP contribution in [0.15, 0.2) is 24.5 Å². The van der Waals surface area contributed by atoms with Gasteiger partial charge in [-0.3, -0.25) is 9.69 Å². The molecule has 1 N–H and O–H groups in total. The summed E-state index contributed by atoms with van der Waals surface area (Å²) >= 11 is 0. The molecule has 2 aromatic rings. The molecule has 0 spiro atoms. The molecule has 5 nitrogen and oxygen atoms in total. The predicted octanol–water partition coefficient (Wildman–Crippen LogP) is 1.94. The molecule has 0 amide bonds. The van der Waals surface area contributed by atoms with E-state index in [4.69, 9.17) is 5.11 Å². The summed E-state index contributed by atoms with van der Waals surface area (Å²) in [6.07, 6.45) is 3.97. The van der Waals surface area contributed by atoms with Crippen molar-refractivity contribution in [2.75, 3.05) is 6.54 Å². The Morgan fingerprint density at radius 1 is 1.42 bits per heavy atom. The Morgan fingerprint density at radius 2 is 2.16 bits per heavy atom. The molecule has 5 heteroatoms. The number of aromatic nitrogens is 2. The zero-order valence-electron chi connectivity index (χ0n) is 11.5. The first-order valence-electron chi connectivity index (χ1n) is 6.36. The third kappa shape index (κ3) is 3.32. The van der Waals surface area contributed by atoms with Crippen molar-refractivity contribution in [3.63, 3.8) is 0 Å². The summed E-state index contributed by atoms with van der Waals surface area (Å²) in [5.41, 5.74) is 2.95. The molecule has 2 aromatic heterocycles. The van der Waals surface area contributed by atoms with E-state index >= 15 is 0 Å². The zero-order chi connectivity index (χ0) is 14.0.